The van der Waals surface area contributed by atoms with Gasteiger partial charge in [0.1, 0.15) is 4.33 Å². The number of halogens is 2. The fourth-order valence-electron chi connectivity index (χ4n) is 6.55. The van der Waals surface area contributed by atoms with Gasteiger partial charge in [0, 0.05) is 11.8 Å². The molecule has 218 valence electrons. The summed E-state index contributed by atoms with van der Waals surface area (Å²) in [6, 6.07) is 47.0. The van der Waals surface area contributed by atoms with Crippen LogP contribution in [0.15, 0.2) is 146 Å². The fraction of sp³-hybridized carbons (Fsp3) is 0.190. The second-order valence-electron chi connectivity index (χ2n) is 12.2. The Balaban J connectivity index is 0.0000000953. The molecule has 0 radical (unpaired) electrons. The van der Waals surface area contributed by atoms with E-state index in [-0.39, 0.29) is 0 Å². The van der Waals surface area contributed by atoms with Crippen molar-refractivity contribution in [3.63, 3.8) is 0 Å². The van der Waals surface area contributed by atoms with Crippen molar-refractivity contribution in [2.45, 2.75) is 36.4 Å². The highest BCUT2D eigenvalue weighted by atomic mass is 35.5. The van der Waals surface area contributed by atoms with Gasteiger partial charge in [0.05, 0.1) is 0 Å². The zero-order valence-corrected chi connectivity index (χ0v) is 26.3. The van der Waals surface area contributed by atoms with Gasteiger partial charge in [0.15, 0.2) is 0 Å². The predicted molar refractivity (Wildman–Crippen MR) is 189 cm³/mol. The van der Waals surface area contributed by atoms with Gasteiger partial charge in [0.2, 0.25) is 0 Å². The van der Waals surface area contributed by atoms with Crippen LogP contribution in [0.5, 0.6) is 0 Å². The summed E-state index contributed by atoms with van der Waals surface area (Å²) in [6.07, 6.45) is 10.1. The zero-order valence-electron chi connectivity index (χ0n) is 24.8. The second kappa shape index (κ2) is 12.6. The van der Waals surface area contributed by atoms with E-state index < -0.39 is 4.33 Å². The Kier molecular flexibility index (Phi) is 8.30. The number of hydrogen-bond donors (Lipinski definition) is 0. The van der Waals surface area contributed by atoms with Crippen LogP contribution in [0.25, 0.3) is 21.5 Å². The maximum Gasteiger partial charge on any atom is 0.125 e. The highest BCUT2D eigenvalue weighted by molar-refractivity contribution is 6.51. The molecule has 0 bridgehead atoms. The number of alkyl halides is 2. The molecule has 2 heteroatoms. The summed E-state index contributed by atoms with van der Waals surface area (Å²) in [5.74, 6) is 1.01. The molecule has 0 amide bonds. The maximum absolute atomic E-state index is 6.17. The first-order valence-electron chi connectivity index (χ1n) is 15.7. The van der Waals surface area contributed by atoms with Gasteiger partial charge in [-0.05, 0) is 87.0 Å². The third kappa shape index (κ3) is 6.48. The van der Waals surface area contributed by atoms with Crippen LogP contribution in [0.1, 0.15) is 33.4 Å². The minimum absolute atomic E-state index is 0.432. The summed E-state index contributed by atoms with van der Waals surface area (Å²) in [5.41, 5.74) is 8.92. The standard InChI is InChI=1S/C11H10Cl2.C11H8.C10H10.C10H8/c12-11(13)9-5-7-3-1-2-4-8(7)6-10(9)11;1-2-4-9-6-11-7-10(11)5-8(9)3-1;2*1-2-6-10-8-4-3-7-9(10)5-1/h1-4,9-10H,5-6H2;1-6H,7H2;1-6H,7-8H2;1-8H. The molecule has 0 aromatic heterocycles. The third-order valence-electron chi connectivity index (χ3n) is 9.31. The highest BCUT2D eigenvalue weighted by Crippen LogP contribution is 2.63. The molecular formula is C42H36Cl2. The van der Waals surface area contributed by atoms with Crippen molar-refractivity contribution in [2.75, 3.05) is 0 Å². The molecule has 6 aromatic rings. The van der Waals surface area contributed by atoms with Gasteiger partial charge in [-0.2, -0.15) is 0 Å². The van der Waals surface area contributed by atoms with Crippen molar-refractivity contribution in [3.05, 3.63) is 179 Å². The Morgan fingerprint density at radius 1 is 0.409 bits per heavy atom. The summed E-state index contributed by atoms with van der Waals surface area (Å²) < 4.78 is -0.432. The molecule has 0 heterocycles. The first-order valence-corrected chi connectivity index (χ1v) is 16.4. The molecule has 0 aliphatic heterocycles. The van der Waals surface area contributed by atoms with Crippen LogP contribution in [0.3, 0.4) is 0 Å². The van der Waals surface area contributed by atoms with Crippen LogP contribution < -0.4 is 0 Å². The molecule has 4 aliphatic carbocycles. The second-order valence-corrected chi connectivity index (χ2v) is 13.6. The van der Waals surface area contributed by atoms with Crippen molar-refractivity contribution >= 4 is 44.7 Å². The van der Waals surface area contributed by atoms with Crippen LogP contribution in [0.2, 0.25) is 0 Å². The molecule has 10 rings (SSSR count). The van der Waals surface area contributed by atoms with Crippen LogP contribution in [-0.4, -0.2) is 4.33 Å². The van der Waals surface area contributed by atoms with Crippen molar-refractivity contribution in [1.82, 2.24) is 0 Å². The van der Waals surface area contributed by atoms with E-state index in [2.05, 4.69) is 146 Å². The molecule has 0 spiro atoms. The Morgan fingerprint density at radius 3 is 1.16 bits per heavy atom. The van der Waals surface area contributed by atoms with Gasteiger partial charge in [-0.1, -0.05) is 146 Å². The number of rotatable bonds is 0. The van der Waals surface area contributed by atoms with E-state index in [1.165, 1.54) is 61.3 Å². The number of benzene rings is 6. The average molecular weight is 612 g/mol. The van der Waals surface area contributed by atoms with E-state index in [0.717, 1.165) is 25.7 Å². The van der Waals surface area contributed by atoms with E-state index >= 15 is 0 Å². The normalized spacial score (nSPS) is 18.8. The van der Waals surface area contributed by atoms with Crippen LogP contribution >= 0.6 is 23.2 Å². The largest absolute Gasteiger partial charge is 0.125 e. The topological polar surface area (TPSA) is 0 Å². The molecule has 4 aliphatic rings. The highest BCUT2D eigenvalue weighted by Gasteiger charge is 2.63. The Hall–Kier alpha value is -3.84. The SMILES string of the molecule is C1=CCc2ccccc2C1.ClC1(Cl)C2Cc3ccccc3CC21.c1ccc2cc3c(cc2c1)C3.c1ccc2ccccc2c1. The van der Waals surface area contributed by atoms with Crippen LogP contribution in [0, 0.1) is 11.8 Å². The van der Waals surface area contributed by atoms with Crippen LogP contribution in [0.4, 0.5) is 0 Å². The lowest BCUT2D eigenvalue weighted by molar-refractivity contribution is 0.648. The first-order chi connectivity index (χ1) is 21.6. The van der Waals surface area contributed by atoms with E-state index in [9.17, 15) is 0 Å². The lowest BCUT2D eigenvalue weighted by Gasteiger charge is -2.12. The molecule has 1 saturated carbocycles. The smallest absolute Gasteiger partial charge is 0.101 e. The maximum atomic E-state index is 6.17. The van der Waals surface area contributed by atoms with E-state index in [1.807, 2.05) is 0 Å². The lowest BCUT2D eigenvalue weighted by Crippen LogP contribution is -2.04. The molecular weight excluding hydrogens is 575 g/mol. The van der Waals surface area contributed by atoms with Crippen molar-refractivity contribution in [2.24, 2.45) is 11.8 Å². The number of fused-ring (bicyclic) bond motifs is 6. The first kappa shape index (κ1) is 28.9. The van der Waals surface area contributed by atoms with Gasteiger partial charge < -0.3 is 0 Å². The molecule has 6 aromatic carbocycles. The van der Waals surface area contributed by atoms with Gasteiger partial charge in [-0.25, -0.2) is 0 Å². The molecule has 0 saturated heterocycles. The quantitative estimate of drug-likeness (QED) is 0.118. The average Bonchev–Trinajstić information content (AvgIpc) is 3.97. The minimum Gasteiger partial charge on any atom is -0.101 e. The molecule has 0 nitrogen and oxygen atoms in total. The van der Waals surface area contributed by atoms with Crippen LogP contribution in [-0.2, 0) is 32.1 Å². The van der Waals surface area contributed by atoms with E-state index in [0.29, 0.717) is 11.8 Å². The Bertz CT molecular complexity index is 1780. The number of allylic oxidation sites excluding steroid dienone is 2. The fourth-order valence-corrected chi connectivity index (χ4v) is 7.34. The third-order valence-corrected chi connectivity index (χ3v) is 10.4. The van der Waals surface area contributed by atoms with Gasteiger partial charge >= 0.3 is 0 Å². The molecule has 0 N–H and O–H groups in total. The van der Waals surface area contributed by atoms with E-state index in [1.54, 1.807) is 0 Å². The van der Waals surface area contributed by atoms with Crippen molar-refractivity contribution in [3.8, 4) is 0 Å². The van der Waals surface area contributed by atoms with Gasteiger partial charge in [-0.15, -0.1) is 23.2 Å². The van der Waals surface area contributed by atoms with E-state index in [4.69, 9.17) is 23.2 Å². The number of hydrogen-bond acceptors (Lipinski definition) is 0. The summed E-state index contributed by atoms with van der Waals surface area (Å²) >= 11 is 12.3. The van der Waals surface area contributed by atoms with Crippen molar-refractivity contribution < 1.29 is 0 Å². The van der Waals surface area contributed by atoms with Gasteiger partial charge in [-0.3, -0.25) is 0 Å². The molecule has 2 atom stereocenters. The zero-order chi connectivity index (χ0) is 29.9. The van der Waals surface area contributed by atoms with Crippen molar-refractivity contribution in [1.29, 1.82) is 0 Å². The lowest BCUT2D eigenvalue weighted by atomic mass is 9.92. The Morgan fingerprint density at radius 2 is 0.750 bits per heavy atom. The predicted octanol–water partition coefficient (Wildman–Crippen LogP) is 11.1. The summed E-state index contributed by atoms with van der Waals surface area (Å²) in [6.45, 7) is 0. The molecule has 44 heavy (non-hydrogen) atoms. The monoisotopic (exact) mass is 610 g/mol. The summed E-state index contributed by atoms with van der Waals surface area (Å²) in [5, 5.41) is 5.38. The summed E-state index contributed by atoms with van der Waals surface area (Å²) in [7, 11) is 0. The van der Waals surface area contributed by atoms with Gasteiger partial charge in [0.25, 0.3) is 0 Å². The summed E-state index contributed by atoms with van der Waals surface area (Å²) in [4.78, 5) is 0. The molecule has 2 unspecified atom stereocenters. The molecule has 1 fully saturated rings. The Labute approximate surface area is 271 Å². The minimum atomic E-state index is -0.432.